The van der Waals surface area contributed by atoms with Gasteiger partial charge in [0, 0.05) is 0 Å². The van der Waals surface area contributed by atoms with E-state index >= 15 is 0 Å². The van der Waals surface area contributed by atoms with Gasteiger partial charge in [0.25, 0.3) is 6.43 Å². The SMILES string of the molecule is N#CCc1cc(C(F)F)nc(N)c1Br. The minimum absolute atomic E-state index is 0.0203. The van der Waals surface area contributed by atoms with Gasteiger partial charge in [-0.15, -0.1) is 0 Å². The average Bonchev–Trinajstić information content (AvgIpc) is 2.12. The van der Waals surface area contributed by atoms with E-state index in [2.05, 4.69) is 20.9 Å². The molecule has 1 heterocycles. The van der Waals surface area contributed by atoms with Crippen molar-refractivity contribution in [3.05, 3.63) is 21.8 Å². The molecular formula is C8H6BrF2N3. The number of halogens is 3. The Bertz CT molecular complexity index is 387. The number of nitrogens with zero attached hydrogens (tertiary/aromatic N) is 2. The van der Waals surface area contributed by atoms with Crippen LogP contribution in [0, 0.1) is 11.3 Å². The maximum absolute atomic E-state index is 12.3. The summed E-state index contributed by atoms with van der Waals surface area (Å²) in [6, 6.07) is 3.03. The maximum Gasteiger partial charge on any atom is 0.280 e. The molecule has 0 spiro atoms. The fourth-order valence-corrected chi connectivity index (χ4v) is 1.30. The fourth-order valence-electron chi connectivity index (χ4n) is 0.952. The van der Waals surface area contributed by atoms with Gasteiger partial charge in [-0.05, 0) is 27.6 Å². The number of aromatic nitrogens is 1. The van der Waals surface area contributed by atoms with E-state index in [0.29, 0.717) is 10.0 Å². The molecule has 0 atom stereocenters. The molecule has 0 bridgehead atoms. The van der Waals surface area contributed by atoms with Crippen molar-refractivity contribution in [2.24, 2.45) is 0 Å². The number of hydrogen-bond acceptors (Lipinski definition) is 3. The largest absolute Gasteiger partial charge is 0.383 e. The number of pyridine rings is 1. The Kier molecular flexibility index (Phi) is 3.36. The van der Waals surface area contributed by atoms with E-state index in [9.17, 15) is 8.78 Å². The summed E-state index contributed by atoms with van der Waals surface area (Å²) in [6.07, 6.45) is -2.66. The first kappa shape index (κ1) is 10.9. The molecule has 74 valence electrons. The molecule has 0 aliphatic rings. The molecule has 0 amide bonds. The van der Waals surface area contributed by atoms with Crippen molar-refractivity contribution in [3.8, 4) is 6.07 Å². The van der Waals surface area contributed by atoms with Crippen molar-refractivity contribution >= 4 is 21.7 Å². The van der Waals surface area contributed by atoms with Gasteiger partial charge in [-0.2, -0.15) is 5.26 Å². The van der Waals surface area contributed by atoms with Crippen LogP contribution in [-0.4, -0.2) is 4.98 Å². The molecule has 1 aromatic heterocycles. The van der Waals surface area contributed by atoms with Crippen LogP contribution in [0.15, 0.2) is 10.5 Å². The lowest BCUT2D eigenvalue weighted by molar-refractivity contribution is 0.146. The first-order valence-corrected chi connectivity index (χ1v) is 4.45. The van der Waals surface area contributed by atoms with Gasteiger partial charge in [0.15, 0.2) is 0 Å². The Labute approximate surface area is 87.7 Å². The van der Waals surface area contributed by atoms with Crippen LogP contribution in [0.25, 0.3) is 0 Å². The monoisotopic (exact) mass is 261 g/mol. The topological polar surface area (TPSA) is 62.7 Å². The third-order valence-corrected chi connectivity index (χ3v) is 2.49. The van der Waals surface area contributed by atoms with Crippen molar-refractivity contribution in [1.29, 1.82) is 5.26 Å². The molecule has 0 unspecified atom stereocenters. The van der Waals surface area contributed by atoms with Crippen LogP contribution in [0.2, 0.25) is 0 Å². The van der Waals surface area contributed by atoms with Gasteiger partial charge in [0.05, 0.1) is 17.0 Å². The molecule has 0 saturated carbocycles. The summed E-state index contributed by atoms with van der Waals surface area (Å²) >= 11 is 3.08. The van der Waals surface area contributed by atoms with Crippen LogP contribution in [0.3, 0.4) is 0 Å². The lowest BCUT2D eigenvalue weighted by Gasteiger charge is -2.06. The zero-order valence-corrected chi connectivity index (χ0v) is 8.55. The van der Waals surface area contributed by atoms with Gasteiger partial charge in [-0.1, -0.05) is 0 Å². The van der Waals surface area contributed by atoms with Crippen molar-refractivity contribution in [2.45, 2.75) is 12.8 Å². The van der Waals surface area contributed by atoms with Crippen molar-refractivity contribution in [2.75, 3.05) is 5.73 Å². The van der Waals surface area contributed by atoms with Gasteiger partial charge < -0.3 is 5.73 Å². The second-order valence-electron chi connectivity index (χ2n) is 2.54. The molecule has 0 fully saturated rings. The Hall–Kier alpha value is -1.22. The highest BCUT2D eigenvalue weighted by Gasteiger charge is 2.14. The molecule has 3 nitrogen and oxygen atoms in total. The number of nitrogens with two attached hydrogens (primary N) is 1. The van der Waals surface area contributed by atoms with E-state index in [1.807, 2.05) is 6.07 Å². The molecule has 6 heteroatoms. The molecule has 0 radical (unpaired) electrons. The van der Waals surface area contributed by atoms with Crippen LogP contribution in [0.1, 0.15) is 17.7 Å². The maximum atomic E-state index is 12.3. The van der Waals surface area contributed by atoms with Crippen molar-refractivity contribution < 1.29 is 8.78 Å². The first-order valence-electron chi connectivity index (χ1n) is 3.66. The lowest BCUT2D eigenvalue weighted by atomic mass is 10.2. The third-order valence-electron chi connectivity index (χ3n) is 1.57. The second kappa shape index (κ2) is 4.33. The summed E-state index contributed by atoms with van der Waals surface area (Å²) < 4.78 is 25.0. The Balaban J connectivity index is 3.22. The number of anilines is 1. The molecule has 1 aromatic rings. The number of nitrogen functional groups attached to an aromatic ring is 1. The number of nitriles is 1. The summed E-state index contributed by atoms with van der Waals surface area (Å²) in [5.41, 5.74) is 5.41. The van der Waals surface area contributed by atoms with Crippen molar-refractivity contribution in [1.82, 2.24) is 4.98 Å². The summed E-state index contributed by atoms with van der Waals surface area (Å²) in [6.45, 7) is 0. The van der Waals surface area contributed by atoms with Gasteiger partial charge >= 0.3 is 0 Å². The van der Waals surface area contributed by atoms with E-state index < -0.39 is 12.1 Å². The highest BCUT2D eigenvalue weighted by Crippen LogP contribution is 2.27. The van der Waals surface area contributed by atoms with Crippen LogP contribution in [0.4, 0.5) is 14.6 Å². The smallest absolute Gasteiger partial charge is 0.280 e. The van der Waals surface area contributed by atoms with E-state index in [4.69, 9.17) is 11.0 Å². The Morgan fingerprint density at radius 3 is 2.79 bits per heavy atom. The number of hydrogen-bond donors (Lipinski definition) is 1. The summed E-state index contributed by atoms with van der Waals surface area (Å²) in [5, 5.41) is 8.44. The van der Waals surface area contributed by atoms with Crippen LogP contribution in [-0.2, 0) is 6.42 Å². The molecule has 1 rings (SSSR count). The van der Waals surface area contributed by atoms with Gasteiger partial charge in [0.1, 0.15) is 11.5 Å². The van der Waals surface area contributed by atoms with E-state index in [0.717, 1.165) is 0 Å². The molecule has 0 aromatic carbocycles. The zero-order valence-electron chi connectivity index (χ0n) is 6.97. The van der Waals surface area contributed by atoms with Gasteiger partial charge in [0.2, 0.25) is 0 Å². The second-order valence-corrected chi connectivity index (χ2v) is 3.33. The summed E-state index contributed by atoms with van der Waals surface area (Å²) in [7, 11) is 0. The fraction of sp³-hybridized carbons (Fsp3) is 0.250. The predicted molar refractivity (Wildman–Crippen MR) is 50.6 cm³/mol. The molecule has 0 saturated heterocycles. The number of rotatable bonds is 2. The third kappa shape index (κ3) is 2.17. The minimum Gasteiger partial charge on any atom is -0.383 e. The van der Waals surface area contributed by atoms with E-state index in [1.165, 1.54) is 6.07 Å². The predicted octanol–water partition coefficient (Wildman–Crippen LogP) is 2.43. The highest BCUT2D eigenvalue weighted by atomic mass is 79.9. The van der Waals surface area contributed by atoms with Gasteiger partial charge in [-0.25, -0.2) is 13.8 Å². The highest BCUT2D eigenvalue weighted by molar-refractivity contribution is 9.10. The number of alkyl halides is 2. The summed E-state index contributed by atoms with van der Waals surface area (Å²) in [4.78, 5) is 3.49. The van der Waals surface area contributed by atoms with Crippen LogP contribution < -0.4 is 5.73 Å². The average molecular weight is 262 g/mol. The molecule has 0 aliphatic heterocycles. The van der Waals surface area contributed by atoms with Gasteiger partial charge in [-0.3, -0.25) is 0 Å². The van der Waals surface area contributed by atoms with Crippen LogP contribution in [0.5, 0.6) is 0 Å². The molecule has 0 aliphatic carbocycles. The molecule has 2 N–H and O–H groups in total. The zero-order chi connectivity index (χ0) is 10.7. The van der Waals surface area contributed by atoms with E-state index in [-0.39, 0.29) is 12.2 Å². The Morgan fingerprint density at radius 2 is 2.29 bits per heavy atom. The molecular weight excluding hydrogens is 256 g/mol. The first-order chi connectivity index (χ1) is 6.56. The molecule has 14 heavy (non-hydrogen) atoms. The Morgan fingerprint density at radius 1 is 1.64 bits per heavy atom. The van der Waals surface area contributed by atoms with Crippen LogP contribution >= 0.6 is 15.9 Å². The van der Waals surface area contributed by atoms with E-state index in [1.54, 1.807) is 0 Å². The minimum atomic E-state index is -2.68. The van der Waals surface area contributed by atoms with Crippen molar-refractivity contribution in [3.63, 3.8) is 0 Å². The normalized spacial score (nSPS) is 10.2. The standard InChI is InChI=1S/C8H6BrF2N3/c9-6-4(1-2-12)3-5(7(10)11)14-8(6)13/h3,7H,1H2,(H2,13,14). The summed E-state index contributed by atoms with van der Waals surface area (Å²) in [5.74, 6) is -0.0203. The quantitative estimate of drug-likeness (QED) is 0.890. The lowest BCUT2D eigenvalue weighted by Crippen LogP contribution is -2.01.